The van der Waals surface area contributed by atoms with Crippen LogP contribution in [0, 0.1) is 6.92 Å². The van der Waals surface area contributed by atoms with E-state index in [9.17, 15) is 0 Å². The number of nitrogen functional groups attached to an aromatic ring is 1. The van der Waals surface area contributed by atoms with Gasteiger partial charge in [-0.05, 0) is 30.7 Å². The number of hydrogen-bond acceptors (Lipinski definition) is 5. The minimum absolute atomic E-state index is 0.440. The summed E-state index contributed by atoms with van der Waals surface area (Å²) in [7, 11) is 0. The van der Waals surface area contributed by atoms with Gasteiger partial charge >= 0.3 is 0 Å². The number of nitrogens with two attached hydrogens (primary N) is 1. The van der Waals surface area contributed by atoms with E-state index in [1.54, 1.807) is 24.5 Å². The molecule has 20 heavy (non-hydrogen) atoms. The predicted molar refractivity (Wildman–Crippen MR) is 80.7 cm³/mol. The van der Waals surface area contributed by atoms with E-state index in [1.807, 2.05) is 19.1 Å². The van der Waals surface area contributed by atoms with Gasteiger partial charge in [-0.1, -0.05) is 15.9 Å². The normalized spacial score (nSPS) is 10.7. The van der Waals surface area contributed by atoms with Crippen LogP contribution in [0.5, 0.6) is 11.6 Å². The van der Waals surface area contributed by atoms with E-state index in [4.69, 9.17) is 10.5 Å². The zero-order valence-electron chi connectivity index (χ0n) is 10.7. The first-order valence-electron chi connectivity index (χ1n) is 5.95. The molecule has 1 aromatic carbocycles. The number of aromatic nitrogens is 3. The van der Waals surface area contributed by atoms with Gasteiger partial charge in [0.05, 0.1) is 5.69 Å². The summed E-state index contributed by atoms with van der Waals surface area (Å²) in [5.41, 5.74) is 8.72. The molecule has 2 heterocycles. The maximum atomic E-state index is 5.97. The van der Waals surface area contributed by atoms with Crippen molar-refractivity contribution in [1.82, 2.24) is 15.0 Å². The number of benzene rings is 1. The lowest BCUT2D eigenvalue weighted by molar-refractivity contribution is 0.463. The van der Waals surface area contributed by atoms with E-state index in [2.05, 4.69) is 30.9 Å². The smallest absolute Gasteiger partial charge is 0.221 e. The molecule has 0 bridgehead atoms. The second-order valence-corrected chi connectivity index (χ2v) is 5.21. The number of halogens is 1. The molecule has 100 valence electrons. The fourth-order valence-electron chi connectivity index (χ4n) is 1.89. The first-order valence-corrected chi connectivity index (χ1v) is 6.74. The Balaban J connectivity index is 2.01. The maximum absolute atomic E-state index is 5.97. The van der Waals surface area contributed by atoms with Crippen LogP contribution in [0.2, 0.25) is 0 Å². The third-order valence-corrected chi connectivity index (χ3v) is 3.24. The van der Waals surface area contributed by atoms with Crippen LogP contribution >= 0.6 is 15.9 Å². The second-order valence-electron chi connectivity index (χ2n) is 4.29. The molecule has 6 heteroatoms. The van der Waals surface area contributed by atoms with Gasteiger partial charge in [0, 0.05) is 22.9 Å². The zero-order valence-corrected chi connectivity index (χ0v) is 12.3. The monoisotopic (exact) mass is 330 g/mol. The summed E-state index contributed by atoms with van der Waals surface area (Å²) in [6.07, 6.45) is 3.22. The molecule has 3 aromatic rings. The van der Waals surface area contributed by atoms with Crippen LogP contribution in [-0.4, -0.2) is 15.0 Å². The van der Waals surface area contributed by atoms with Crippen molar-refractivity contribution >= 4 is 32.8 Å². The minimum atomic E-state index is 0.440. The standard InChI is InChI=1S/C14H11BrN4O/c1-8-6-9(15)7-10(16)13(8)20-12-3-2-11-14(19-12)18-5-4-17-11/h2-7H,16H2,1H3. The van der Waals surface area contributed by atoms with Crippen LogP contribution in [0.25, 0.3) is 11.2 Å². The molecule has 2 N–H and O–H groups in total. The number of nitrogens with zero attached hydrogens (tertiary/aromatic N) is 3. The molecule has 0 unspecified atom stereocenters. The van der Waals surface area contributed by atoms with Gasteiger partial charge in [0.2, 0.25) is 5.88 Å². The lowest BCUT2D eigenvalue weighted by Crippen LogP contribution is -1.97. The highest BCUT2D eigenvalue weighted by atomic mass is 79.9. The number of ether oxygens (including phenoxy) is 1. The number of hydrogen-bond donors (Lipinski definition) is 1. The average Bonchev–Trinajstić information content (AvgIpc) is 2.42. The minimum Gasteiger partial charge on any atom is -0.437 e. The van der Waals surface area contributed by atoms with Crippen molar-refractivity contribution in [2.45, 2.75) is 6.92 Å². The maximum Gasteiger partial charge on any atom is 0.221 e. The Kier molecular flexibility index (Phi) is 3.23. The highest BCUT2D eigenvalue weighted by Gasteiger charge is 2.09. The molecule has 0 saturated carbocycles. The summed E-state index contributed by atoms with van der Waals surface area (Å²) in [5, 5.41) is 0. The van der Waals surface area contributed by atoms with E-state index in [-0.39, 0.29) is 0 Å². The Bertz CT molecular complexity index is 768. The van der Waals surface area contributed by atoms with E-state index in [0.29, 0.717) is 23.0 Å². The number of fused-ring (bicyclic) bond motifs is 1. The molecule has 0 atom stereocenters. The molecule has 0 aliphatic carbocycles. The average molecular weight is 331 g/mol. The summed E-state index contributed by atoms with van der Waals surface area (Å²) in [5.74, 6) is 1.04. The third kappa shape index (κ3) is 2.42. The van der Waals surface area contributed by atoms with E-state index in [1.165, 1.54) is 0 Å². The van der Waals surface area contributed by atoms with Gasteiger partial charge in [0.1, 0.15) is 5.52 Å². The van der Waals surface area contributed by atoms with Crippen molar-refractivity contribution in [2.24, 2.45) is 0 Å². The van der Waals surface area contributed by atoms with Gasteiger partial charge in [-0.3, -0.25) is 4.98 Å². The van der Waals surface area contributed by atoms with Crippen LogP contribution < -0.4 is 10.5 Å². The third-order valence-electron chi connectivity index (χ3n) is 2.78. The fourth-order valence-corrected chi connectivity index (χ4v) is 2.48. The van der Waals surface area contributed by atoms with Crippen LogP contribution in [-0.2, 0) is 0 Å². The fraction of sp³-hybridized carbons (Fsp3) is 0.0714. The topological polar surface area (TPSA) is 73.9 Å². The SMILES string of the molecule is Cc1cc(Br)cc(N)c1Oc1ccc2nccnc2n1. The van der Waals surface area contributed by atoms with Crippen LogP contribution in [0.1, 0.15) is 5.56 Å². The molecular formula is C14H11BrN4O. The quantitative estimate of drug-likeness (QED) is 0.728. The molecule has 0 radical (unpaired) electrons. The predicted octanol–water partition coefficient (Wildman–Crippen LogP) is 3.47. The zero-order chi connectivity index (χ0) is 14.1. The Hall–Kier alpha value is -2.21. The Morgan fingerprint density at radius 1 is 1.15 bits per heavy atom. The first kappa shape index (κ1) is 12.8. The number of rotatable bonds is 2. The van der Waals surface area contributed by atoms with Crippen LogP contribution in [0.15, 0.2) is 41.1 Å². The molecule has 5 nitrogen and oxygen atoms in total. The van der Waals surface area contributed by atoms with E-state index >= 15 is 0 Å². The molecule has 3 rings (SSSR count). The summed E-state index contributed by atoms with van der Waals surface area (Å²) < 4.78 is 6.69. The Morgan fingerprint density at radius 2 is 1.95 bits per heavy atom. The molecule has 2 aromatic heterocycles. The van der Waals surface area contributed by atoms with Crippen molar-refractivity contribution in [2.75, 3.05) is 5.73 Å². The van der Waals surface area contributed by atoms with Gasteiger partial charge < -0.3 is 10.5 Å². The Labute approximate surface area is 124 Å². The number of pyridine rings is 1. The van der Waals surface area contributed by atoms with Gasteiger partial charge in [0.25, 0.3) is 0 Å². The summed E-state index contributed by atoms with van der Waals surface area (Å²) in [6.45, 7) is 1.93. The summed E-state index contributed by atoms with van der Waals surface area (Å²) in [4.78, 5) is 12.6. The molecule has 0 aliphatic rings. The highest BCUT2D eigenvalue weighted by molar-refractivity contribution is 9.10. The Morgan fingerprint density at radius 3 is 2.75 bits per heavy atom. The first-order chi connectivity index (χ1) is 9.63. The number of aryl methyl sites for hydroxylation is 1. The van der Waals surface area contributed by atoms with Crippen molar-refractivity contribution in [3.8, 4) is 11.6 Å². The van der Waals surface area contributed by atoms with Crippen LogP contribution in [0.4, 0.5) is 5.69 Å². The van der Waals surface area contributed by atoms with Crippen LogP contribution in [0.3, 0.4) is 0 Å². The van der Waals surface area contributed by atoms with Crippen molar-refractivity contribution in [3.63, 3.8) is 0 Å². The van der Waals surface area contributed by atoms with Gasteiger partial charge in [-0.2, -0.15) is 4.98 Å². The molecule has 0 amide bonds. The lowest BCUT2D eigenvalue weighted by atomic mass is 10.2. The largest absolute Gasteiger partial charge is 0.437 e. The summed E-state index contributed by atoms with van der Waals surface area (Å²) >= 11 is 3.40. The van der Waals surface area contributed by atoms with Gasteiger partial charge in [0.15, 0.2) is 11.4 Å². The molecular weight excluding hydrogens is 320 g/mol. The summed E-state index contributed by atoms with van der Waals surface area (Å²) in [6, 6.07) is 7.29. The second kappa shape index (κ2) is 5.05. The molecule has 0 spiro atoms. The van der Waals surface area contributed by atoms with E-state index < -0.39 is 0 Å². The van der Waals surface area contributed by atoms with Crippen molar-refractivity contribution in [1.29, 1.82) is 0 Å². The van der Waals surface area contributed by atoms with E-state index in [0.717, 1.165) is 15.6 Å². The number of anilines is 1. The van der Waals surface area contributed by atoms with Gasteiger partial charge in [-0.25, -0.2) is 4.98 Å². The van der Waals surface area contributed by atoms with Crippen molar-refractivity contribution in [3.05, 3.63) is 46.7 Å². The molecule has 0 fully saturated rings. The molecule has 0 saturated heterocycles. The van der Waals surface area contributed by atoms with Gasteiger partial charge in [-0.15, -0.1) is 0 Å². The highest BCUT2D eigenvalue weighted by Crippen LogP contribution is 2.33. The lowest BCUT2D eigenvalue weighted by Gasteiger charge is -2.11. The van der Waals surface area contributed by atoms with Crippen molar-refractivity contribution < 1.29 is 4.74 Å². The molecule has 0 aliphatic heterocycles.